The molecule has 1 aromatic heterocycles. The minimum atomic E-state index is 0.425. The van der Waals surface area contributed by atoms with Gasteiger partial charge in [0.15, 0.2) is 5.96 Å². The molecule has 2 saturated heterocycles. The highest BCUT2D eigenvalue weighted by Crippen LogP contribution is 2.27. The molecule has 1 aromatic carbocycles. The number of imidazole rings is 1. The van der Waals surface area contributed by atoms with Crippen molar-refractivity contribution in [1.82, 2.24) is 24.7 Å². The molecule has 0 aliphatic carbocycles. The fourth-order valence-electron chi connectivity index (χ4n) is 4.55. The molecule has 0 spiro atoms. The van der Waals surface area contributed by atoms with Gasteiger partial charge in [0.05, 0.1) is 32.1 Å². The van der Waals surface area contributed by atoms with Crippen LogP contribution in [0, 0.1) is 5.92 Å². The normalized spacial score (nSPS) is 23.2. The topological polar surface area (TPSA) is 57.9 Å². The van der Waals surface area contributed by atoms with E-state index in [0.29, 0.717) is 18.5 Å². The Morgan fingerprint density at radius 1 is 1.19 bits per heavy atom. The van der Waals surface area contributed by atoms with Crippen molar-refractivity contribution in [1.29, 1.82) is 0 Å². The summed E-state index contributed by atoms with van der Waals surface area (Å²) in [6.07, 6.45) is 7.05. The van der Waals surface area contributed by atoms with Crippen molar-refractivity contribution in [2.45, 2.75) is 39.4 Å². The summed E-state index contributed by atoms with van der Waals surface area (Å²) in [5.41, 5.74) is 2.67. The van der Waals surface area contributed by atoms with Crippen molar-refractivity contribution in [2.75, 3.05) is 45.9 Å². The van der Waals surface area contributed by atoms with E-state index in [2.05, 4.69) is 69.0 Å². The van der Waals surface area contributed by atoms with Crippen LogP contribution in [0.1, 0.15) is 37.4 Å². The van der Waals surface area contributed by atoms with Crippen molar-refractivity contribution < 1.29 is 4.74 Å². The van der Waals surface area contributed by atoms with Crippen LogP contribution >= 0.6 is 0 Å². The number of hydrogen-bond donors (Lipinski definition) is 1. The van der Waals surface area contributed by atoms with Crippen LogP contribution in [0.15, 0.2) is 48.0 Å². The highest BCUT2D eigenvalue weighted by atomic mass is 16.5. The predicted octanol–water partition coefficient (Wildman–Crippen LogP) is 2.76. The Balaban J connectivity index is 1.47. The molecular weight excluding hydrogens is 388 g/mol. The van der Waals surface area contributed by atoms with Gasteiger partial charge >= 0.3 is 0 Å². The third kappa shape index (κ3) is 5.66. The molecular formula is C24H36N6O. The second-order valence-electron chi connectivity index (χ2n) is 8.62. The van der Waals surface area contributed by atoms with Gasteiger partial charge in [0.1, 0.15) is 0 Å². The van der Waals surface area contributed by atoms with E-state index < -0.39 is 0 Å². The maximum absolute atomic E-state index is 5.50. The van der Waals surface area contributed by atoms with Crippen LogP contribution in [0.2, 0.25) is 0 Å². The van der Waals surface area contributed by atoms with Crippen LogP contribution < -0.4 is 5.32 Å². The van der Waals surface area contributed by atoms with Gasteiger partial charge in [-0.1, -0.05) is 31.2 Å². The fourth-order valence-corrected chi connectivity index (χ4v) is 4.55. The van der Waals surface area contributed by atoms with Gasteiger partial charge in [-0.3, -0.25) is 4.90 Å². The quantitative estimate of drug-likeness (QED) is 0.571. The number of ether oxygens (including phenoxy) is 1. The van der Waals surface area contributed by atoms with Crippen molar-refractivity contribution in [2.24, 2.45) is 10.9 Å². The summed E-state index contributed by atoms with van der Waals surface area (Å²) >= 11 is 0. The van der Waals surface area contributed by atoms with E-state index in [-0.39, 0.29) is 0 Å². The molecule has 31 heavy (non-hydrogen) atoms. The summed E-state index contributed by atoms with van der Waals surface area (Å²) in [5.74, 6) is 1.64. The molecule has 2 aliphatic rings. The maximum atomic E-state index is 5.50. The molecule has 0 radical (unpaired) electrons. The lowest BCUT2D eigenvalue weighted by molar-refractivity contribution is 0.0341. The van der Waals surface area contributed by atoms with Gasteiger partial charge in [-0.25, -0.2) is 9.98 Å². The molecule has 3 heterocycles. The molecule has 7 heteroatoms. The van der Waals surface area contributed by atoms with Gasteiger partial charge in [0, 0.05) is 51.7 Å². The molecule has 4 rings (SSSR count). The Labute approximate surface area is 186 Å². The van der Waals surface area contributed by atoms with E-state index >= 15 is 0 Å². The molecule has 2 fully saturated rings. The Kier molecular flexibility index (Phi) is 7.59. The smallest absolute Gasteiger partial charge is 0.194 e. The molecule has 0 saturated carbocycles. The van der Waals surface area contributed by atoms with Gasteiger partial charge in [-0.05, 0) is 30.4 Å². The lowest BCUT2D eigenvalue weighted by Gasteiger charge is -2.39. The number of nitrogens with zero attached hydrogens (tertiary/aromatic N) is 5. The number of nitrogens with one attached hydrogen (secondary N) is 1. The highest BCUT2D eigenvalue weighted by Gasteiger charge is 2.29. The first kappa shape index (κ1) is 21.8. The van der Waals surface area contributed by atoms with E-state index in [1.807, 2.05) is 12.5 Å². The first-order valence-corrected chi connectivity index (χ1v) is 11.6. The fraction of sp³-hybridized carbons (Fsp3) is 0.583. The zero-order valence-electron chi connectivity index (χ0n) is 18.9. The molecule has 2 atom stereocenters. The van der Waals surface area contributed by atoms with Crippen molar-refractivity contribution in [3.8, 4) is 0 Å². The maximum Gasteiger partial charge on any atom is 0.194 e. The molecule has 2 unspecified atom stereocenters. The summed E-state index contributed by atoms with van der Waals surface area (Å²) in [6, 6.07) is 9.14. The molecule has 168 valence electrons. The number of rotatable bonds is 6. The van der Waals surface area contributed by atoms with Crippen LogP contribution in [0.5, 0.6) is 0 Å². The average Bonchev–Trinajstić information content (AvgIpc) is 3.33. The first-order chi connectivity index (χ1) is 15.2. The van der Waals surface area contributed by atoms with Gasteiger partial charge < -0.3 is 19.5 Å². The van der Waals surface area contributed by atoms with Gasteiger partial charge in [0.25, 0.3) is 0 Å². The zero-order chi connectivity index (χ0) is 21.5. The van der Waals surface area contributed by atoms with Gasteiger partial charge in [-0.15, -0.1) is 0 Å². The summed E-state index contributed by atoms with van der Waals surface area (Å²) in [6.45, 7) is 12.7. The number of aromatic nitrogens is 2. The molecule has 1 N–H and O–H groups in total. The summed E-state index contributed by atoms with van der Waals surface area (Å²) in [5, 5.41) is 3.53. The predicted molar refractivity (Wildman–Crippen MR) is 124 cm³/mol. The number of likely N-dealkylation sites (tertiary alicyclic amines) is 1. The monoisotopic (exact) mass is 424 g/mol. The molecule has 2 aromatic rings. The second-order valence-corrected chi connectivity index (χ2v) is 8.62. The lowest BCUT2D eigenvalue weighted by Crippen LogP contribution is -2.49. The van der Waals surface area contributed by atoms with Crippen molar-refractivity contribution in [3.63, 3.8) is 0 Å². The Morgan fingerprint density at radius 2 is 2.00 bits per heavy atom. The first-order valence-electron chi connectivity index (χ1n) is 11.6. The van der Waals surface area contributed by atoms with E-state index in [1.54, 1.807) is 0 Å². The van der Waals surface area contributed by atoms with Crippen LogP contribution in [0.3, 0.4) is 0 Å². The lowest BCUT2D eigenvalue weighted by atomic mass is 9.93. The SMILES string of the molecule is CCNC(=NCc1ccccc1CN1CCOCC1)N1CCC(C)C(n2ccnc2)C1. The summed E-state index contributed by atoms with van der Waals surface area (Å²) in [7, 11) is 0. The number of guanidine groups is 1. The van der Waals surface area contributed by atoms with E-state index in [1.165, 1.54) is 11.1 Å². The van der Waals surface area contributed by atoms with Crippen LogP contribution in [0.25, 0.3) is 0 Å². The van der Waals surface area contributed by atoms with E-state index in [0.717, 1.165) is 64.9 Å². The highest BCUT2D eigenvalue weighted by molar-refractivity contribution is 5.80. The average molecular weight is 425 g/mol. The minimum Gasteiger partial charge on any atom is -0.379 e. The van der Waals surface area contributed by atoms with Gasteiger partial charge in [0.2, 0.25) is 0 Å². The number of morpholine rings is 1. The van der Waals surface area contributed by atoms with E-state index in [9.17, 15) is 0 Å². The van der Waals surface area contributed by atoms with Gasteiger partial charge in [-0.2, -0.15) is 0 Å². The summed E-state index contributed by atoms with van der Waals surface area (Å²) < 4.78 is 7.75. The summed E-state index contributed by atoms with van der Waals surface area (Å²) in [4.78, 5) is 14.2. The molecule has 0 bridgehead atoms. The largest absolute Gasteiger partial charge is 0.379 e. The number of hydrogen-bond acceptors (Lipinski definition) is 4. The molecule has 7 nitrogen and oxygen atoms in total. The number of benzene rings is 1. The van der Waals surface area contributed by atoms with Crippen molar-refractivity contribution in [3.05, 3.63) is 54.1 Å². The minimum absolute atomic E-state index is 0.425. The standard InChI is InChI=1S/C24H36N6O/c1-3-26-24(29-10-8-20(2)23(18-29)30-11-9-25-19-30)27-16-21-6-4-5-7-22(21)17-28-12-14-31-15-13-28/h4-7,9,11,19-20,23H,3,8,10,12-18H2,1-2H3,(H,26,27). The third-order valence-electron chi connectivity index (χ3n) is 6.48. The van der Waals surface area contributed by atoms with Crippen LogP contribution in [0.4, 0.5) is 0 Å². The second kappa shape index (κ2) is 10.8. The number of aliphatic imine (C=N–C) groups is 1. The molecule has 2 aliphatic heterocycles. The Hall–Kier alpha value is -2.38. The van der Waals surface area contributed by atoms with Crippen molar-refractivity contribution >= 4 is 5.96 Å². The van der Waals surface area contributed by atoms with Crippen LogP contribution in [-0.2, 0) is 17.8 Å². The van der Waals surface area contributed by atoms with E-state index in [4.69, 9.17) is 9.73 Å². The molecule has 0 amide bonds. The third-order valence-corrected chi connectivity index (χ3v) is 6.48. The Bertz CT molecular complexity index is 830. The van der Waals surface area contributed by atoms with Crippen LogP contribution in [-0.4, -0.2) is 71.2 Å². The zero-order valence-corrected chi connectivity index (χ0v) is 18.9. The number of piperidine rings is 1. The Morgan fingerprint density at radius 3 is 2.74 bits per heavy atom.